The second-order valence-electron chi connectivity index (χ2n) is 9.25. The highest BCUT2D eigenvalue weighted by atomic mass is 19.1. The first kappa shape index (κ1) is 22.2. The normalized spacial score (nSPS) is 17.5. The molecule has 1 saturated heterocycles. The number of fused-ring (bicyclic) bond motifs is 1. The molecule has 0 spiro atoms. The largest absolute Gasteiger partial charge is 0.469 e. The third-order valence-corrected chi connectivity index (χ3v) is 6.10. The number of benzene rings is 1. The van der Waals surface area contributed by atoms with Crippen LogP contribution in [0.15, 0.2) is 30.5 Å². The van der Waals surface area contributed by atoms with Gasteiger partial charge in [-0.15, -0.1) is 10.2 Å². The van der Waals surface area contributed by atoms with Gasteiger partial charge < -0.3 is 19.9 Å². The lowest BCUT2D eigenvalue weighted by Gasteiger charge is -2.37. The highest BCUT2D eigenvalue weighted by molar-refractivity contribution is 5.85. The number of hydrogen-bond acceptors (Lipinski definition) is 6. The minimum absolute atomic E-state index is 0.190. The Labute approximate surface area is 187 Å². The van der Waals surface area contributed by atoms with Gasteiger partial charge in [0.2, 0.25) is 0 Å². The maximum absolute atomic E-state index is 13.7. The molecule has 0 aliphatic carbocycles. The van der Waals surface area contributed by atoms with Crippen LogP contribution in [-0.4, -0.2) is 58.8 Å². The van der Waals surface area contributed by atoms with E-state index in [-0.39, 0.29) is 17.8 Å². The number of hydrogen-bond donors (Lipinski definition) is 2. The molecule has 7 nitrogen and oxygen atoms in total. The summed E-state index contributed by atoms with van der Waals surface area (Å²) in [7, 11) is 1.43. The molecule has 0 amide bonds. The number of esters is 1. The van der Waals surface area contributed by atoms with Gasteiger partial charge >= 0.3 is 5.97 Å². The number of anilines is 1. The molecule has 1 aromatic carbocycles. The van der Waals surface area contributed by atoms with Crippen LogP contribution in [0.1, 0.15) is 32.3 Å². The molecule has 3 heterocycles. The maximum atomic E-state index is 13.7. The number of aromatic amines is 1. The summed E-state index contributed by atoms with van der Waals surface area (Å²) < 4.78 is 18.7. The van der Waals surface area contributed by atoms with E-state index in [4.69, 9.17) is 4.74 Å². The van der Waals surface area contributed by atoms with Gasteiger partial charge in [0.05, 0.1) is 18.2 Å². The minimum Gasteiger partial charge on any atom is -0.469 e. The number of piperidine rings is 1. The molecule has 0 saturated carbocycles. The summed E-state index contributed by atoms with van der Waals surface area (Å²) in [4.78, 5) is 17.3. The molecule has 2 N–H and O–H groups in total. The molecule has 32 heavy (non-hydrogen) atoms. The average molecular weight is 440 g/mol. The van der Waals surface area contributed by atoms with Crippen LogP contribution in [0.25, 0.3) is 22.2 Å². The number of methoxy groups -OCH3 is 1. The second-order valence-corrected chi connectivity index (χ2v) is 9.25. The first-order valence-electron chi connectivity index (χ1n) is 11.0. The fourth-order valence-electron chi connectivity index (χ4n) is 4.51. The highest BCUT2D eigenvalue weighted by Crippen LogP contribution is 2.27. The summed E-state index contributed by atoms with van der Waals surface area (Å²) in [6, 6.07) is 7.75. The molecule has 1 atom stereocenters. The molecular formula is C24H30FN5O2. The number of rotatable bonds is 6. The fourth-order valence-corrected chi connectivity index (χ4v) is 4.51. The van der Waals surface area contributed by atoms with E-state index in [2.05, 4.69) is 25.4 Å². The van der Waals surface area contributed by atoms with Crippen molar-refractivity contribution in [3.05, 3.63) is 41.8 Å². The van der Waals surface area contributed by atoms with Crippen LogP contribution in [0, 0.1) is 18.2 Å². The van der Waals surface area contributed by atoms with E-state index in [9.17, 15) is 9.18 Å². The fraction of sp³-hybridized carbons (Fsp3) is 0.458. The van der Waals surface area contributed by atoms with Gasteiger partial charge in [-0.25, -0.2) is 4.39 Å². The minimum atomic E-state index is -0.544. The molecular weight excluding hydrogens is 409 g/mol. The summed E-state index contributed by atoms with van der Waals surface area (Å²) >= 11 is 0. The Kier molecular flexibility index (Phi) is 6.15. The Bertz CT molecular complexity index is 1130. The van der Waals surface area contributed by atoms with Gasteiger partial charge in [-0.2, -0.15) is 0 Å². The molecule has 8 heteroatoms. The first-order chi connectivity index (χ1) is 15.3. The predicted molar refractivity (Wildman–Crippen MR) is 123 cm³/mol. The van der Waals surface area contributed by atoms with E-state index >= 15 is 0 Å². The smallest absolute Gasteiger partial charge is 0.312 e. The van der Waals surface area contributed by atoms with Crippen LogP contribution in [0.3, 0.4) is 0 Å². The van der Waals surface area contributed by atoms with Gasteiger partial charge in [-0.1, -0.05) is 6.07 Å². The lowest BCUT2D eigenvalue weighted by atomic mass is 9.91. The van der Waals surface area contributed by atoms with Gasteiger partial charge in [-0.05, 0) is 63.9 Å². The molecule has 0 bridgehead atoms. The van der Waals surface area contributed by atoms with Gasteiger partial charge in [0.25, 0.3) is 0 Å². The third kappa shape index (κ3) is 4.60. The molecule has 1 aliphatic rings. The number of H-pyrrole nitrogens is 1. The number of nitrogens with zero attached hydrogens (tertiary/aromatic N) is 3. The van der Waals surface area contributed by atoms with Crippen LogP contribution in [0.2, 0.25) is 0 Å². The SMILES string of the molecule is COC(=O)C(C)(C)CN1CCCC(Nc2cc(C)c(-c3ccc4c(F)c[nH]c4c3)nn2)C1. The number of aromatic nitrogens is 3. The lowest BCUT2D eigenvalue weighted by Crippen LogP contribution is -2.47. The summed E-state index contributed by atoms with van der Waals surface area (Å²) in [5.74, 6) is 0.285. The first-order valence-corrected chi connectivity index (χ1v) is 11.0. The zero-order chi connectivity index (χ0) is 22.9. The van der Waals surface area contributed by atoms with Crippen molar-refractivity contribution < 1.29 is 13.9 Å². The topological polar surface area (TPSA) is 83.1 Å². The predicted octanol–water partition coefficient (Wildman–Crippen LogP) is 4.15. The van der Waals surface area contributed by atoms with E-state index in [0.29, 0.717) is 11.9 Å². The van der Waals surface area contributed by atoms with Crippen molar-refractivity contribution in [1.82, 2.24) is 20.1 Å². The number of likely N-dealkylation sites (tertiary alicyclic amines) is 1. The molecule has 2 aromatic heterocycles. The zero-order valence-electron chi connectivity index (χ0n) is 19.0. The Balaban J connectivity index is 1.44. The van der Waals surface area contributed by atoms with Crippen molar-refractivity contribution in [2.45, 2.75) is 39.7 Å². The number of ether oxygens (including phenoxy) is 1. The van der Waals surface area contributed by atoms with Gasteiger partial charge in [0, 0.05) is 41.8 Å². The molecule has 1 unspecified atom stereocenters. The van der Waals surface area contributed by atoms with Crippen molar-refractivity contribution >= 4 is 22.7 Å². The van der Waals surface area contributed by atoms with Crippen LogP contribution in [0.4, 0.5) is 10.2 Å². The summed E-state index contributed by atoms with van der Waals surface area (Å²) in [5, 5.41) is 12.9. The van der Waals surface area contributed by atoms with Crippen molar-refractivity contribution in [3.63, 3.8) is 0 Å². The third-order valence-electron chi connectivity index (χ3n) is 6.10. The molecule has 1 fully saturated rings. The standard InChI is InChI=1S/C24H30FN5O2/c1-15-10-21(27-17-6-5-9-30(13-17)14-24(2,3)23(31)32-4)28-29-22(15)16-7-8-18-19(25)12-26-20(18)11-16/h7-8,10-12,17,26H,5-6,9,13-14H2,1-4H3,(H,27,28). The monoisotopic (exact) mass is 439 g/mol. The molecule has 0 radical (unpaired) electrons. The van der Waals surface area contributed by atoms with Crippen LogP contribution in [-0.2, 0) is 9.53 Å². The molecule has 3 aromatic rings. The van der Waals surface area contributed by atoms with Gasteiger partial charge in [-0.3, -0.25) is 4.79 Å². The van der Waals surface area contributed by atoms with E-state index in [1.54, 1.807) is 6.07 Å². The lowest BCUT2D eigenvalue weighted by molar-refractivity contribution is -0.152. The molecule has 170 valence electrons. The average Bonchev–Trinajstić information content (AvgIpc) is 3.13. The Hall–Kier alpha value is -3.00. The number of carbonyl (C=O) groups excluding carboxylic acids is 1. The summed E-state index contributed by atoms with van der Waals surface area (Å²) in [6.07, 6.45) is 3.44. The second kappa shape index (κ2) is 8.86. The van der Waals surface area contributed by atoms with E-state index in [0.717, 1.165) is 54.1 Å². The van der Waals surface area contributed by atoms with Crippen molar-refractivity contribution in [2.24, 2.45) is 5.41 Å². The Morgan fingerprint density at radius 2 is 2.16 bits per heavy atom. The summed E-state index contributed by atoms with van der Waals surface area (Å²) in [6.45, 7) is 8.29. The quantitative estimate of drug-likeness (QED) is 0.562. The van der Waals surface area contributed by atoms with Crippen molar-refractivity contribution in [3.8, 4) is 11.3 Å². The maximum Gasteiger partial charge on any atom is 0.312 e. The molecule has 4 rings (SSSR count). The zero-order valence-corrected chi connectivity index (χ0v) is 19.0. The van der Waals surface area contributed by atoms with Crippen LogP contribution in [0.5, 0.6) is 0 Å². The molecule has 1 aliphatic heterocycles. The van der Waals surface area contributed by atoms with E-state index in [1.165, 1.54) is 13.3 Å². The van der Waals surface area contributed by atoms with E-state index in [1.807, 2.05) is 39.0 Å². The summed E-state index contributed by atoms with van der Waals surface area (Å²) in [5.41, 5.74) is 2.86. The Morgan fingerprint density at radius 3 is 2.91 bits per heavy atom. The van der Waals surface area contributed by atoms with Gasteiger partial charge in [0.1, 0.15) is 11.6 Å². The Morgan fingerprint density at radius 1 is 1.34 bits per heavy atom. The number of nitrogens with one attached hydrogen (secondary N) is 2. The number of aryl methyl sites for hydroxylation is 1. The number of halogens is 1. The van der Waals surface area contributed by atoms with Crippen molar-refractivity contribution in [2.75, 3.05) is 32.1 Å². The highest BCUT2D eigenvalue weighted by Gasteiger charge is 2.33. The van der Waals surface area contributed by atoms with Crippen LogP contribution < -0.4 is 5.32 Å². The van der Waals surface area contributed by atoms with Crippen molar-refractivity contribution in [1.29, 1.82) is 0 Å². The van der Waals surface area contributed by atoms with E-state index < -0.39 is 5.41 Å². The van der Waals surface area contributed by atoms with Gasteiger partial charge in [0.15, 0.2) is 0 Å². The van der Waals surface area contributed by atoms with Crippen LogP contribution >= 0.6 is 0 Å². The number of carbonyl (C=O) groups is 1.